The van der Waals surface area contributed by atoms with Crippen LogP contribution in [0.2, 0.25) is 0 Å². The van der Waals surface area contributed by atoms with Crippen LogP contribution in [-0.2, 0) is 0 Å². The van der Waals surface area contributed by atoms with Gasteiger partial charge in [0.1, 0.15) is 0 Å². The van der Waals surface area contributed by atoms with E-state index in [2.05, 4.69) is 54.5 Å². The highest BCUT2D eigenvalue weighted by Crippen LogP contribution is 2.23. The molecule has 1 atom stereocenters. The number of benzene rings is 1. The molecule has 2 heteroatoms. The van der Waals surface area contributed by atoms with E-state index in [1.54, 1.807) is 0 Å². The summed E-state index contributed by atoms with van der Waals surface area (Å²) < 4.78 is 0. The monoisotopic (exact) mass is 240 g/mol. The zero-order valence-electron chi connectivity index (χ0n) is 11.5. The quantitative estimate of drug-likeness (QED) is 0.890. The summed E-state index contributed by atoms with van der Waals surface area (Å²) in [5.74, 6) is 0. The van der Waals surface area contributed by atoms with Crippen LogP contribution in [0, 0.1) is 20.8 Å². The average Bonchev–Trinajstić information content (AvgIpc) is 2.37. The molecule has 1 unspecified atom stereocenters. The second kappa shape index (κ2) is 5.32. The molecule has 0 saturated heterocycles. The Kier molecular flexibility index (Phi) is 3.78. The Morgan fingerprint density at radius 2 is 1.67 bits per heavy atom. The van der Waals surface area contributed by atoms with Gasteiger partial charge in [0.2, 0.25) is 0 Å². The standard InChI is InChI=1S/C16H20N2/c1-11-5-7-14(9-12(11)2)16(17-4)15-8-6-13(3)18-10-15/h5-10,16-17H,1-4H3. The minimum Gasteiger partial charge on any atom is -0.309 e. The lowest BCUT2D eigenvalue weighted by Crippen LogP contribution is -2.18. The molecule has 0 aliphatic rings. The smallest absolute Gasteiger partial charge is 0.0589 e. The van der Waals surface area contributed by atoms with E-state index in [9.17, 15) is 0 Å². The Hall–Kier alpha value is -1.67. The van der Waals surface area contributed by atoms with Crippen molar-refractivity contribution in [3.63, 3.8) is 0 Å². The van der Waals surface area contributed by atoms with Crippen LogP contribution in [0.1, 0.15) is 34.0 Å². The maximum absolute atomic E-state index is 4.37. The summed E-state index contributed by atoms with van der Waals surface area (Å²) in [6, 6.07) is 11.0. The van der Waals surface area contributed by atoms with Gasteiger partial charge in [-0.3, -0.25) is 4.98 Å². The third-order valence-electron chi connectivity index (χ3n) is 3.42. The molecule has 2 nitrogen and oxygen atoms in total. The van der Waals surface area contributed by atoms with Crippen molar-refractivity contribution < 1.29 is 0 Å². The number of aromatic nitrogens is 1. The largest absolute Gasteiger partial charge is 0.309 e. The van der Waals surface area contributed by atoms with E-state index in [0.717, 1.165) is 5.69 Å². The van der Waals surface area contributed by atoms with Crippen LogP contribution >= 0.6 is 0 Å². The number of hydrogen-bond donors (Lipinski definition) is 1. The van der Waals surface area contributed by atoms with Gasteiger partial charge in [0.25, 0.3) is 0 Å². The Labute approximate surface area is 109 Å². The zero-order chi connectivity index (χ0) is 13.1. The molecule has 1 aromatic heterocycles. The predicted octanol–water partition coefficient (Wildman–Crippen LogP) is 3.32. The number of nitrogens with zero attached hydrogens (tertiary/aromatic N) is 1. The van der Waals surface area contributed by atoms with E-state index in [1.807, 2.05) is 20.2 Å². The Morgan fingerprint density at radius 3 is 2.22 bits per heavy atom. The van der Waals surface area contributed by atoms with Crippen molar-refractivity contribution in [2.24, 2.45) is 0 Å². The molecule has 2 rings (SSSR count). The predicted molar refractivity (Wildman–Crippen MR) is 75.8 cm³/mol. The van der Waals surface area contributed by atoms with Crippen LogP contribution in [0.5, 0.6) is 0 Å². The van der Waals surface area contributed by atoms with Gasteiger partial charge in [0.15, 0.2) is 0 Å². The van der Waals surface area contributed by atoms with Crippen LogP contribution in [-0.4, -0.2) is 12.0 Å². The molecule has 0 radical (unpaired) electrons. The normalized spacial score (nSPS) is 12.4. The van der Waals surface area contributed by atoms with Crippen LogP contribution < -0.4 is 5.32 Å². The fourth-order valence-corrected chi connectivity index (χ4v) is 2.12. The molecule has 1 N–H and O–H groups in total. The van der Waals surface area contributed by atoms with Crippen molar-refractivity contribution in [3.05, 3.63) is 64.5 Å². The van der Waals surface area contributed by atoms with E-state index in [-0.39, 0.29) is 6.04 Å². The van der Waals surface area contributed by atoms with Gasteiger partial charge in [-0.1, -0.05) is 24.3 Å². The molecular formula is C16H20N2. The van der Waals surface area contributed by atoms with E-state index in [4.69, 9.17) is 0 Å². The van der Waals surface area contributed by atoms with Gasteiger partial charge in [-0.15, -0.1) is 0 Å². The second-order valence-electron chi connectivity index (χ2n) is 4.80. The summed E-state index contributed by atoms with van der Waals surface area (Å²) in [6.07, 6.45) is 1.95. The zero-order valence-corrected chi connectivity index (χ0v) is 11.5. The summed E-state index contributed by atoms with van der Waals surface area (Å²) in [6.45, 7) is 6.30. The van der Waals surface area contributed by atoms with Gasteiger partial charge in [0.05, 0.1) is 6.04 Å². The first-order valence-electron chi connectivity index (χ1n) is 6.29. The maximum atomic E-state index is 4.37. The molecule has 0 fully saturated rings. The van der Waals surface area contributed by atoms with Crippen LogP contribution in [0.15, 0.2) is 36.5 Å². The lowest BCUT2D eigenvalue weighted by Gasteiger charge is -2.18. The van der Waals surface area contributed by atoms with Gasteiger partial charge >= 0.3 is 0 Å². The number of aryl methyl sites for hydroxylation is 3. The molecule has 0 bridgehead atoms. The molecule has 0 spiro atoms. The third kappa shape index (κ3) is 2.59. The van der Waals surface area contributed by atoms with Crippen LogP contribution in [0.3, 0.4) is 0 Å². The fraction of sp³-hybridized carbons (Fsp3) is 0.312. The highest BCUT2D eigenvalue weighted by atomic mass is 14.9. The first-order chi connectivity index (χ1) is 8.61. The third-order valence-corrected chi connectivity index (χ3v) is 3.42. The minimum atomic E-state index is 0.206. The molecule has 18 heavy (non-hydrogen) atoms. The van der Waals surface area contributed by atoms with Gasteiger partial charge in [-0.05, 0) is 56.1 Å². The number of pyridine rings is 1. The Bertz CT molecular complexity index is 529. The highest BCUT2D eigenvalue weighted by Gasteiger charge is 2.12. The van der Waals surface area contributed by atoms with Gasteiger partial charge < -0.3 is 5.32 Å². The van der Waals surface area contributed by atoms with Gasteiger partial charge in [0, 0.05) is 11.9 Å². The van der Waals surface area contributed by atoms with Crippen molar-refractivity contribution in [2.45, 2.75) is 26.8 Å². The van der Waals surface area contributed by atoms with E-state index in [0.29, 0.717) is 0 Å². The van der Waals surface area contributed by atoms with E-state index < -0.39 is 0 Å². The highest BCUT2D eigenvalue weighted by molar-refractivity contribution is 5.36. The Balaban J connectivity index is 2.38. The summed E-state index contributed by atoms with van der Waals surface area (Å²) in [5.41, 5.74) is 6.19. The summed E-state index contributed by atoms with van der Waals surface area (Å²) >= 11 is 0. The molecule has 0 aliphatic carbocycles. The topological polar surface area (TPSA) is 24.9 Å². The van der Waals surface area contributed by atoms with Crippen molar-refractivity contribution >= 4 is 0 Å². The lowest BCUT2D eigenvalue weighted by atomic mass is 9.96. The Morgan fingerprint density at radius 1 is 0.944 bits per heavy atom. The molecule has 0 aliphatic heterocycles. The average molecular weight is 240 g/mol. The number of nitrogens with one attached hydrogen (secondary N) is 1. The van der Waals surface area contributed by atoms with Crippen molar-refractivity contribution in [2.75, 3.05) is 7.05 Å². The lowest BCUT2D eigenvalue weighted by molar-refractivity contribution is 0.687. The number of rotatable bonds is 3. The summed E-state index contributed by atoms with van der Waals surface area (Å²) in [5, 5.41) is 3.36. The summed E-state index contributed by atoms with van der Waals surface area (Å²) in [7, 11) is 1.99. The molecule has 1 heterocycles. The molecule has 0 amide bonds. The van der Waals surface area contributed by atoms with Crippen LogP contribution in [0.25, 0.3) is 0 Å². The second-order valence-corrected chi connectivity index (χ2v) is 4.80. The van der Waals surface area contributed by atoms with Crippen molar-refractivity contribution in [1.82, 2.24) is 10.3 Å². The van der Waals surface area contributed by atoms with Crippen molar-refractivity contribution in [1.29, 1.82) is 0 Å². The molecule has 2 aromatic rings. The fourth-order valence-electron chi connectivity index (χ4n) is 2.12. The van der Waals surface area contributed by atoms with Crippen LogP contribution in [0.4, 0.5) is 0 Å². The van der Waals surface area contributed by atoms with Gasteiger partial charge in [-0.25, -0.2) is 0 Å². The van der Waals surface area contributed by atoms with Crippen molar-refractivity contribution in [3.8, 4) is 0 Å². The molecule has 1 aromatic carbocycles. The minimum absolute atomic E-state index is 0.206. The number of hydrogen-bond acceptors (Lipinski definition) is 2. The molecule has 94 valence electrons. The van der Waals surface area contributed by atoms with E-state index >= 15 is 0 Å². The van der Waals surface area contributed by atoms with Gasteiger partial charge in [-0.2, -0.15) is 0 Å². The summed E-state index contributed by atoms with van der Waals surface area (Å²) in [4.78, 5) is 4.37. The molecular weight excluding hydrogens is 220 g/mol. The first-order valence-corrected chi connectivity index (χ1v) is 6.29. The first kappa shape index (κ1) is 12.8. The maximum Gasteiger partial charge on any atom is 0.0589 e. The SMILES string of the molecule is CNC(c1ccc(C)nc1)c1ccc(C)c(C)c1. The van der Waals surface area contributed by atoms with E-state index in [1.165, 1.54) is 22.3 Å². The molecule has 0 saturated carbocycles.